The van der Waals surface area contributed by atoms with Gasteiger partial charge in [0.1, 0.15) is 11.4 Å². The molecule has 1 heterocycles. The van der Waals surface area contributed by atoms with Gasteiger partial charge in [-0.25, -0.2) is 14.6 Å². The molecule has 0 atom stereocenters. The van der Waals surface area contributed by atoms with Gasteiger partial charge in [-0.15, -0.1) is 0 Å². The predicted octanol–water partition coefficient (Wildman–Crippen LogP) is -0.539. The van der Waals surface area contributed by atoms with Crippen molar-refractivity contribution in [2.24, 2.45) is 0 Å². The maximum atomic E-state index is 10.5. The van der Waals surface area contributed by atoms with E-state index in [1.807, 2.05) is 0 Å². The van der Waals surface area contributed by atoms with Gasteiger partial charge in [0.15, 0.2) is 6.29 Å². The molecule has 1 rings (SSSR count). The molecule has 0 fully saturated rings. The van der Waals surface area contributed by atoms with Crippen molar-refractivity contribution in [2.75, 3.05) is 0 Å². The SMILES string of the molecule is O=C(O)c1cc(C(O)O)cc(C(=O)O)n1. The molecule has 0 spiro atoms. The molecule has 1 aromatic rings. The van der Waals surface area contributed by atoms with Crippen LogP contribution in [0.25, 0.3) is 0 Å². The van der Waals surface area contributed by atoms with Crippen LogP contribution in [-0.2, 0) is 0 Å². The minimum atomic E-state index is -1.94. The minimum Gasteiger partial charge on any atom is -0.477 e. The zero-order valence-corrected chi connectivity index (χ0v) is 7.28. The largest absolute Gasteiger partial charge is 0.477 e. The average Bonchev–Trinajstić information content (AvgIpc) is 2.16. The van der Waals surface area contributed by atoms with Crippen LogP contribution < -0.4 is 0 Å². The summed E-state index contributed by atoms with van der Waals surface area (Å²) in [5.41, 5.74) is -1.35. The quantitative estimate of drug-likeness (QED) is 0.496. The third-order valence-electron chi connectivity index (χ3n) is 1.58. The average molecular weight is 213 g/mol. The summed E-state index contributed by atoms with van der Waals surface area (Å²) in [6, 6.07) is 1.78. The normalized spacial score (nSPS) is 10.3. The Morgan fingerprint density at radius 2 is 1.47 bits per heavy atom. The van der Waals surface area contributed by atoms with Gasteiger partial charge < -0.3 is 20.4 Å². The van der Waals surface area contributed by atoms with Gasteiger partial charge in [0.05, 0.1) is 0 Å². The van der Waals surface area contributed by atoms with Crippen molar-refractivity contribution < 1.29 is 30.0 Å². The van der Waals surface area contributed by atoms with Crippen LogP contribution in [0.4, 0.5) is 0 Å². The molecule has 1 aromatic heterocycles. The third kappa shape index (κ3) is 2.48. The molecule has 0 saturated heterocycles. The molecule has 7 nitrogen and oxygen atoms in total. The highest BCUT2D eigenvalue weighted by Crippen LogP contribution is 2.13. The first-order valence-electron chi connectivity index (χ1n) is 3.76. The van der Waals surface area contributed by atoms with E-state index >= 15 is 0 Å². The van der Waals surface area contributed by atoms with Crippen molar-refractivity contribution >= 4 is 11.9 Å². The number of aromatic nitrogens is 1. The van der Waals surface area contributed by atoms with E-state index in [-0.39, 0.29) is 5.56 Å². The Bertz CT molecular complexity index is 381. The van der Waals surface area contributed by atoms with E-state index in [0.717, 1.165) is 12.1 Å². The Labute approximate surface area is 83.2 Å². The van der Waals surface area contributed by atoms with Crippen LogP contribution in [0.1, 0.15) is 32.8 Å². The van der Waals surface area contributed by atoms with Crippen molar-refractivity contribution in [1.82, 2.24) is 4.98 Å². The Balaban J connectivity index is 3.32. The molecular formula is C8H7NO6. The molecule has 0 aliphatic heterocycles. The fraction of sp³-hybridized carbons (Fsp3) is 0.125. The molecular weight excluding hydrogens is 206 g/mol. The summed E-state index contributed by atoms with van der Waals surface area (Å²) < 4.78 is 0. The van der Waals surface area contributed by atoms with Gasteiger partial charge in [0.25, 0.3) is 0 Å². The summed E-state index contributed by atoms with van der Waals surface area (Å²) >= 11 is 0. The highest BCUT2D eigenvalue weighted by atomic mass is 16.5. The van der Waals surface area contributed by atoms with Crippen LogP contribution in [0.15, 0.2) is 12.1 Å². The zero-order valence-electron chi connectivity index (χ0n) is 7.28. The molecule has 0 unspecified atom stereocenters. The first-order valence-corrected chi connectivity index (χ1v) is 3.76. The van der Waals surface area contributed by atoms with Gasteiger partial charge in [-0.05, 0) is 12.1 Å². The fourth-order valence-corrected chi connectivity index (χ4v) is 0.920. The highest BCUT2D eigenvalue weighted by molar-refractivity contribution is 5.90. The predicted molar refractivity (Wildman–Crippen MR) is 45.3 cm³/mol. The molecule has 0 aromatic carbocycles. The second-order valence-corrected chi connectivity index (χ2v) is 2.65. The van der Waals surface area contributed by atoms with Crippen LogP contribution in [0.3, 0.4) is 0 Å². The van der Waals surface area contributed by atoms with Crippen molar-refractivity contribution in [3.8, 4) is 0 Å². The maximum absolute atomic E-state index is 10.5. The van der Waals surface area contributed by atoms with Gasteiger partial charge in [0, 0.05) is 5.56 Å². The summed E-state index contributed by atoms with van der Waals surface area (Å²) in [6.45, 7) is 0. The fourth-order valence-electron chi connectivity index (χ4n) is 0.920. The monoisotopic (exact) mass is 213 g/mol. The number of nitrogens with zero attached hydrogens (tertiary/aromatic N) is 1. The number of aliphatic hydroxyl groups excluding tert-OH is 1. The molecule has 0 radical (unpaired) electrons. The number of carbonyl (C=O) groups is 2. The number of rotatable bonds is 3. The topological polar surface area (TPSA) is 128 Å². The molecule has 80 valence electrons. The summed E-state index contributed by atoms with van der Waals surface area (Å²) in [5.74, 6) is -2.89. The van der Waals surface area contributed by atoms with E-state index in [1.165, 1.54) is 0 Å². The lowest BCUT2D eigenvalue weighted by Gasteiger charge is -2.05. The molecule has 7 heteroatoms. The van der Waals surface area contributed by atoms with E-state index < -0.39 is 29.6 Å². The van der Waals surface area contributed by atoms with Gasteiger partial charge in [0.2, 0.25) is 0 Å². The van der Waals surface area contributed by atoms with Crippen LogP contribution >= 0.6 is 0 Å². The highest BCUT2D eigenvalue weighted by Gasteiger charge is 2.15. The van der Waals surface area contributed by atoms with E-state index in [4.69, 9.17) is 20.4 Å². The third-order valence-corrected chi connectivity index (χ3v) is 1.58. The first kappa shape index (κ1) is 11.1. The van der Waals surface area contributed by atoms with E-state index in [9.17, 15) is 9.59 Å². The molecule has 0 amide bonds. The number of aromatic carboxylic acids is 2. The Morgan fingerprint density at radius 1 is 1.07 bits per heavy atom. The summed E-state index contributed by atoms with van der Waals surface area (Å²) in [6.07, 6.45) is -1.94. The smallest absolute Gasteiger partial charge is 0.354 e. The molecule has 15 heavy (non-hydrogen) atoms. The van der Waals surface area contributed by atoms with Gasteiger partial charge in [-0.2, -0.15) is 0 Å². The lowest BCUT2D eigenvalue weighted by atomic mass is 10.2. The molecule has 0 aliphatic rings. The van der Waals surface area contributed by atoms with Crippen LogP contribution in [0.5, 0.6) is 0 Å². The molecule has 0 saturated carbocycles. The van der Waals surface area contributed by atoms with Gasteiger partial charge >= 0.3 is 11.9 Å². The number of pyridine rings is 1. The van der Waals surface area contributed by atoms with Crippen LogP contribution in [0, 0.1) is 0 Å². The Morgan fingerprint density at radius 3 is 1.73 bits per heavy atom. The molecule has 0 bridgehead atoms. The zero-order chi connectivity index (χ0) is 11.6. The number of hydrogen-bond donors (Lipinski definition) is 4. The summed E-state index contributed by atoms with van der Waals surface area (Å²) in [4.78, 5) is 24.4. The van der Waals surface area contributed by atoms with E-state index in [0.29, 0.717) is 0 Å². The van der Waals surface area contributed by atoms with Crippen molar-refractivity contribution in [1.29, 1.82) is 0 Å². The number of carboxylic acid groups (broad SMARTS) is 2. The lowest BCUT2D eigenvalue weighted by molar-refractivity contribution is -0.0426. The van der Waals surface area contributed by atoms with Crippen molar-refractivity contribution in [3.63, 3.8) is 0 Å². The van der Waals surface area contributed by atoms with Crippen molar-refractivity contribution in [3.05, 3.63) is 29.1 Å². The first-order chi connectivity index (χ1) is 6.91. The van der Waals surface area contributed by atoms with E-state index in [1.54, 1.807) is 0 Å². The Hall–Kier alpha value is -1.99. The molecule has 4 N–H and O–H groups in total. The standard InChI is InChI=1S/C8H7NO6/c10-6(11)3-1-4(7(12)13)9-5(2-3)8(14)15/h1-2,6,10-11H,(H,12,13)(H,14,15). The second kappa shape index (κ2) is 4.03. The summed E-state index contributed by atoms with van der Waals surface area (Å²) in [7, 11) is 0. The maximum Gasteiger partial charge on any atom is 0.354 e. The van der Waals surface area contributed by atoms with Gasteiger partial charge in [-0.1, -0.05) is 0 Å². The van der Waals surface area contributed by atoms with Crippen LogP contribution in [-0.4, -0.2) is 37.3 Å². The summed E-state index contributed by atoms with van der Waals surface area (Å²) in [5, 5.41) is 34.7. The Kier molecular flexibility index (Phi) is 2.98. The molecule has 0 aliphatic carbocycles. The number of aliphatic hydroxyl groups is 2. The number of carboxylic acids is 2. The second-order valence-electron chi connectivity index (χ2n) is 2.65. The van der Waals surface area contributed by atoms with Crippen molar-refractivity contribution in [2.45, 2.75) is 6.29 Å². The van der Waals surface area contributed by atoms with Gasteiger partial charge in [-0.3, -0.25) is 0 Å². The minimum absolute atomic E-state index is 0.236. The lowest BCUT2D eigenvalue weighted by Crippen LogP contribution is -2.10. The van der Waals surface area contributed by atoms with Crippen LogP contribution in [0.2, 0.25) is 0 Å². The number of hydrogen-bond acceptors (Lipinski definition) is 5. The van der Waals surface area contributed by atoms with E-state index in [2.05, 4.69) is 4.98 Å².